The Balaban J connectivity index is 1.41. The molecular formula is C28H44O3. The number of aliphatic hydroxyl groups excluding tert-OH is 2. The van der Waals surface area contributed by atoms with Gasteiger partial charge >= 0.3 is 0 Å². The Morgan fingerprint density at radius 1 is 0.935 bits per heavy atom. The third-order valence-corrected chi connectivity index (χ3v) is 13.1. The van der Waals surface area contributed by atoms with Crippen LogP contribution in [0.15, 0.2) is 12.7 Å². The molecule has 3 heteroatoms. The van der Waals surface area contributed by atoms with E-state index in [2.05, 4.69) is 41.2 Å². The molecule has 0 aromatic carbocycles. The number of hydrogen-bond acceptors (Lipinski definition) is 3. The molecule has 6 aliphatic rings. The maximum atomic E-state index is 12.0. The van der Waals surface area contributed by atoms with Crippen LogP contribution in [-0.4, -0.2) is 34.6 Å². The molecule has 5 aliphatic carbocycles. The fourth-order valence-electron chi connectivity index (χ4n) is 11.5. The van der Waals surface area contributed by atoms with Gasteiger partial charge in [0.1, 0.15) is 0 Å². The van der Waals surface area contributed by atoms with E-state index >= 15 is 0 Å². The highest BCUT2D eigenvalue weighted by Crippen LogP contribution is 2.89. The predicted molar refractivity (Wildman–Crippen MR) is 122 cm³/mol. The molecule has 6 fully saturated rings. The van der Waals surface area contributed by atoms with Crippen molar-refractivity contribution in [3.63, 3.8) is 0 Å². The monoisotopic (exact) mass is 428 g/mol. The predicted octanol–water partition coefficient (Wildman–Crippen LogP) is 5.35. The average Bonchev–Trinajstić information content (AvgIpc) is 3.36. The van der Waals surface area contributed by atoms with Crippen molar-refractivity contribution in [3.05, 3.63) is 12.7 Å². The molecule has 2 N–H and O–H groups in total. The van der Waals surface area contributed by atoms with Crippen LogP contribution in [0.4, 0.5) is 0 Å². The zero-order valence-electron chi connectivity index (χ0n) is 20.4. The Morgan fingerprint density at radius 2 is 1.61 bits per heavy atom. The van der Waals surface area contributed by atoms with Crippen LogP contribution < -0.4 is 0 Å². The standard InChI is InChI=1S/C28H44O3/c1-7-17-14-16(2)21-22(31-17)23(30)26(6)19-9-8-18-24(3,4)20(29)10-11-27(18)15-28(19,27)13-12-25(21,26)5/h7,16-23,29-30H,1,8-15H2,2-6H3/t16-,17?,18+,19?,20+,21+,22?,23+,25-,26-,27?,28+/m1/s1. The smallest absolute Gasteiger partial charge is 0.0883 e. The maximum Gasteiger partial charge on any atom is 0.0883 e. The van der Waals surface area contributed by atoms with Gasteiger partial charge in [-0.1, -0.05) is 40.7 Å². The Hall–Kier alpha value is -0.380. The minimum atomic E-state index is -0.383. The van der Waals surface area contributed by atoms with E-state index < -0.39 is 0 Å². The summed E-state index contributed by atoms with van der Waals surface area (Å²) in [6.45, 7) is 16.0. The Morgan fingerprint density at radius 3 is 2.32 bits per heavy atom. The largest absolute Gasteiger partial charge is 0.393 e. The van der Waals surface area contributed by atoms with Gasteiger partial charge in [-0.15, -0.1) is 6.58 Å². The first kappa shape index (κ1) is 21.2. The van der Waals surface area contributed by atoms with Crippen LogP contribution in [-0.2, 0) is 4.74 Å². The molecule has 0 radical (unpaired) electrons. The van der Waals surface area contributed by atoms with Gasteiger partial charge in [-0.2, -0.15) is 0 Å². The minimum absolute atomic E-state index is 0.0193. The molecule has 0 aromatic heterocycles. The first-order chi connectivity index (χ1) is 14.5. The van der Waals surface area contributed by atoms with Crippen molar-refractivity contribution in [2.45, 2.75) is 110 Å². The quantitative estimate of drug-likeness (QED) is 0.554. The summed E-state index contributed by atoms with van der Waals surface area (Å²) < 4.78 is 6.54. The van der Waals surface area contributed by atoms with Crippen molar-refractivity contribution >= 4 is 0 Å². The lowest BCUT2D eigenvalue weighted by molar-refractivity contribution is -0.182. The summed E-state index contributed by atoms with van der Waals surface area (Å²) in [7, 11) is 0. The zero-order chi connectivity index (χ0) is 22.2. The Kier molecular flexibility index (Phi) is 4.09. The number of fused-ring (bicyclic) bond motifs is 4. The molecule has 4 unspecified atom stereocenters. The first-order valence-electron chi connectivity index (χ1n) is 13.1. The third kappa shape index (κ3) is 2.10. The topological polar surface area (TPSA) is 49.7 Å². The van der Waals surface area contributed by atoms with Crippen LogP contribution in [0.3, 0.4) is 0 Å². The third-order valence-electron chi connectivity index (χ3n) is 13.1. The Labute approximate surface area is 189 Å². The lowest BCUT2D eigenvalue weighted by Crippen LogP contribution is -2.59. The summed E-state index contributed by atoms with van der Waals surface area (Å²) in [6.07, 6.45) is 10.9. The summed E-state index contributed by atoms with van der Waals surface area (Å²) in [5.41, 5.74) is 0.869. The molecule has 12 atom stereocenters. The van der Waals surface area contributed by atoms with Crippen molar-refractivity contribution < 1.29 is 14.9 Å². The van der Waals surface area contributed by atoms with E-state index in [9.17, 15) is 10.2 Å². The normalized spacial score (nSPS) is 63.7. The van der Waals surface area contributed by atoms with Gasteiger partial charge in [0.15, 0.2) is 0 Å². The van der Waals surface area contributed by atoms with Gasteiger partial charge in [-0.3, -0.25) is 0 Å². The van der Waals surface area contributed by atoms with Crippen molar-refractivity contribution in [3.8, 4) is 0 Å². The fraction of sp³-hybridized carbons (Fsp3) is 0.929. The molecule has 5 saturated carbocycles. The molecule has 31 heavy (non-hydrogen) atoms. The number of aliphatic hydroxyl groups is 2. The summed E-state index contributed by atoms with van der Waals surface area (Å²) in [4.78, 5) is 0. The second-order valence-electron chi connectivity index (χ2n) is 13.8. The molecule has 1 saturated heterocycles. The lowest BCUT2D eigenvalue weighted by atomic mass is 9.41. The van der Waals surface area contributed by atoms with E-state index in [-0.39, 0.29) is 40.7 Å². The maximum absolute atomic E-state index is 12.0. The van der Waals surface area contributed by atoms with E-state index in [4.69, 9.17) is 4.74 Å². The summed E-state index contributed by atoms with van der Waals surface area (Å²) >= 11 is 0. The van der Waals surface area contributed by atoms with Crippen molar-refractivity contribution in [2.75, 3.05) is 0 Å². The molecule has 174 valence electrons. The van der Waals surface area contributed by atoms with Crippen molar-refractivity contribution in [2.24, 2.45) is 50.7 Å². The van der Waals surface area contributed by atoms with Crippen LogP contribution in [0.2, 0.25) is 0 Å². The number of ether oxygens (including phenoxy) is 1. The van der Waals surface area contributed by atoms with Gasteiger partial charge in [-0.25, -0.2) is 0 Å². The van der Waals surface area contributed by atoms with Crippen LogP contribution in [0.1, 0.15) is 86.0 Å². The molecule has 0 amide bonds. The zero-order valence-corrected chi connectivity index (χ0v) is 20.4. The van der Waals surface area contributed by atoms with E-state index in [1.165, 1.54) is 38.5 Å². The van der Waals surface area contributed by atoms with E-state index in [1.54, 1.807) is 0 Å². The van der Waals surface area contributed by atoms with Gasteiger partial charge in [0, 0.05) is 5.41 Å². The van der Waals surface area contributed by atoms with E-state index in [0.717, 1.165) is 12.8 Å². The van der Waals surface area contributed by atoms with Gasteiger partial charge in [0.25, 0.3) is 0 Å². The Bertz CT molecular complexity index is 806. The highest BCUT2D eigenvalue weighted by atomic mass is 16.5. The van der Waals surface area contributed by atoms with Gasteiger partial charge in [0.2, 0.25) is 0 Å². The first-order valence-corrected chi connectivity index (χ1v) is 13.1. The van der Waals surface area contributed by atoms with Gasteiger partial charge in [-0.05, 0) is 96.7 Å². The molecule has 6 rings (SSSR count). The lowest BCUT2D eigenvalue weighted by Gasteiger charge is -2.63. The van der Waals surface area contributed by atoms with Crippen LogP contribution in [0.5, 0.6) is 0 Å². The van der Waals surface area contributed by atoms with Crippen LogP contribution in [0, 0.1) is 50.7 Å². The molecular weight excluding hydrogens is 384 g/mol. The number of hydrogen-bond donors (Lipinski definition) is 2. The molecule has 3 nitrogen and oxygen atoms in total. The molecule has 1 heterocycles. The van der Waals surface area contributed by atoms with Crippen LogP contribution >= 0.6 is 0 Å². The van der Waals surface area contributed by atoms with Crippen molar-refractivity contribution in [1.82, 2.24) is 0 Å². The van der Waals surface area contributed by atoms with E-state index in [1.807, 2.05) is 6.08 Å². The second kappa shape index (κ2) is 5.99. The van der Waals surface area contributed by atoms with E-state index in [0.29, 0.717) is 34.5 Å². The highest BCUT2D eigenvalue weighted by Gasteiger charge is 2.84. The van der Waals surface area contributed by atoms with Gasteiger partial charge in [0.05, 0.1) is 24.4 Å². The summed E-state index contributed by atoms with van der Waals surface area (Å²) in [5.74, 6) is 2.22. The molecule has 2 spiro atoms. The van der Waals surface area contributed by atoms with Gasteiger partial charge < -0.3 is 14.9 Å². The second-order valence-corrected chi connectivity index (χ2v) is 13.8. The minimum Gasteiger partial charge on any atom is -0.393 e. The summed E-state index contributed by atoms with van der Waals surface area (Å²) in [6, 6.07) is 0. The molecule has 0 bridgehead atoms. The molecule has 0 aromatic rings. The van der Waals surface area contributed by atoms with Crippen LogP contribution in [0.25, 0.3) is 0 Å². The number of rotatable bonds is 1. The highest BCUT2D eigenvalue weighted by molar-refractivity contribution is 5.32. The average molecular weight is 429 g/mol. The van der Waals surface area contributed by atoms with Crippen molar-refractivity contribution in [1.29, 1.82) is 0 Å². The molecule has 1 aliphatic heterocycles. The SMILES string of the molecule is C=CC1C[C@@H](C)[C@H]2C(O1)[C@H](O)[C@@]1(C)C3CC[C@H]4C(C)(C)[C@@H](O)CCC45C[C@@]35CC[C@]21C. The summed E-state index contributed by atoms with van der Waals surface area (Å²) in [5, 5.41) is 22.8. The fourth-order valence-corrected chi connectivity index (χ4v) is 11.5.